The predicted octanol–water partition coefficient (Wildman–Crippen LogP) is 2.73. The molecule has 3 heteroatoms. The minimum absolute atomic E-state index is 0.00858. The summed E-state index contributed by atoms with van der Waals surface area (Å²) in [6, 6.07) is 11.4. The Bertz CT molecular complexity index is 561. The molecular weight excluding hydrogens is 214 g/mol. The van der Waals surface area contributed by atoms with Gasteiger partial charge in [0.1, 0.15) is 5.75 Å². The molecule has 0 aliphatic heterocycles. The number of carbonyl (C=O) groups excluding carboxylic acids is 1. The van der Waals surface area contributed by atoms with E-state index in [2.05, 4.69) is 0 Å². The van der Waals surface area contributed by atoms with Crippen molar-refractivity contribution in [3.8, 4) is 5.75 Å². The third-order valence-electron chi connectivity index (χ3n) is 2.48. The molecular formula is C14H15NO2. The molecule has 1 amide bonds. The number of nitrogens with two attached hydrogens (primary N) is 1. The molecule has 0 aromatic heterocycles. The standard InChI is InChI=1S/C14H15NO2/c1-9(2)17-13-8-11-6-4-3-5-10(11)7-12(13)14(15)16/h3-9H,1-2H3,(H2,15,16). The van der Waals surface area contributed by atoms with Gasteiger partial charge in [-0.15, -0.1) is 0 Å². The van der Waals surface area contributed by atoms with Gasteiger partial charge in [0.05, 0.1) is 11.7 Å². The lowest BCUT2D eigenvalue weighted by Crippen LogP contribution is -2.15. The summed E-state index contributed by atoms with van der Waals surface area (Å²) >= 11 is 0. The first kappa shape index (κ1) is 11.5. The van der Waals surface area contributed by atoms with Crippen LogP contribution in [0.4, 0.5) is 0 Å². The second-order valence-electron chi connectivity index (χ2n) is 4.23. The van der Waals surface area contributed by atoms with Crippen molar-refractivity contribution in [2.75, 3.05) is 0 Å². The van der Waals surface area contributed by atoms with Crippen molar-refractivity contribution in [2.24, 2.45) is 5.73 Å². The van der Waals surface area contributed by atoms with Crippen molar-refractivity contribution in [2.45, 2.75) is 20.0 Å². The van der Waals surface area contributed by atoms with Crippen molar-refractivity contribution in [3.05, 3.63) is 42.0 Å². The molecule has 17 heavy (non-hydrogen) atoms. The Morgan fingerprint density at radius 1 is 1.18 bits per heavy atom. The Hall–Kier alpha value is -2.03. The lowest BCUT2D eigenvalue weighted by molar-refractivity contribution is 0.0995. The molecule has 2 rings (SSSR count). The first-order valence-electron chi connectivity index (χ1n) is 5.57. The number of rotatable bonds is 3. The minimum atomic E-state index is -0.466. The Morgan fingerprint density at radius 2 is 1.76 bits per heavy atom. The number of amides is 1. The van der Waals surface area contributed by atoms with E-state index in [0.29, 0.717) is 11.3 Å². The summed E-state index contributed by atoms with van der Waals surface area (Å²) in [6.07, 6.45) is 0.00858. The number of hydrogen-bond donors (Lipinski definition) is 1. The smallest absolute Gasteiger partial charge is 0.252 e. The van der Waals surface area contributed by atoms with Gasteiger partial charge in [-0.1, -0.05) is 24.3 Å². The van der Waals surface area contributed by atoms with Crippen LogP contribution in [0.2, 0.25) is 0 Å². The van der Waals surface area contributed by atoms with Gasteiger partial charge in [-0.05, 0) is 36.8 Å². The second kappa shape index (κ2) is 4.45. The summed E-state index contributed by atoms with van der Waals surface area (Å²) in [5.41, 5.74) is 5.79. The van der Waals surface area contributed by atoms with Crippen LogP contribution in [0.3, 0.4) is 0 Å². The van der Waals surface area contributed by atoms with E-state index in [9.17, 15) is 4.79 Å². The first-order chi connectivity index (χ1) is 8.08. The van der Waals surface area contributed by atoms with Gasteiger partial charge < -0.3 is 10.5 Å². The van der Waals surface area contributed by atoms with Crippen LogP contribution >= 0.6 is 0 Å². The lowest BCUT2D eigenvalue weighted by atomic mass is 10.1. The van der Waals surface area contributed by atoms with Crippen molar-refractivity contribution >= 4 is 16.7 Å². The van der Waals surface area contributed by atoms with Crippen LogP contribution in [0.5, 0.6) is 5.75 Å². The molecule has 0 aliphatic rings. The Labute approximate surface area is 100 Å². The SMILES string of the molecule is CC(C)Oc1cc2ccccc2cc1C(N)=O. The molecule has 0 atom stereocenters. The summed E-state index contributed by atoms with van der Waals surface area (Å²) < 4.78 is 5.61. The van der Waals surface area contributed by atoms with Gasteiger partial charge in [-0.3, -0.25) is 4.79 Å². The highest BCUT2D eigenvalue weighted by Gasteiger charge is 2.12. The molecule has 3 nitrogen and oxygen atoms in total. The van der Waals surface area contributed by atoms with Gasteiger partial charge in [0.15, 0.2) is 0 Å². The number of hydrogen-bond acceptors (Lipinski definition) is 2. The van der Waals surface area contributed by atoms with Gasteiger partial charge in [0.25, 0.3) is 5.91 Å². The molecule has 2 aromatic carbocycles. The number of carbonyl (C=O) groups is 1. The van der Waals surface area contributed by atoms with Crippen LogP contribution in [0.15, 0.2) is 36.4 Å². The average molecular weight is 229 g/mol. The third kappa shape index (κ3) is 2.38. The maximum absolute atomic E-state index is 11.4. The molecule has 0 aliphatic carbocycles. The van der Waals surface area contributed by atoms with E-state index in [-0.39, 0.29) is 6.10 Å². The molecule has 0 unspecified atom stereocenters. The van der Waals surface area contributed by atoms with Gasteiger partial charge in [-0.2, -0.15) is 0 Å². The molecule has 0 saturated carbocycles. The molecule has 88 valence electrons. The summed E-state index contributed by atoms with van der Waals surface area (Å²) in [5.74, 6) is 0.0811. The molecule has 2 N–H and O–H groups in total. The molecule has 0 spiro atoms. The molecule has 0 bridgehead atoms. The topological polar surface area (TPSA) is 52.3 Å². The zero-order chi connectivity index (χ0) is 12.4. The van der Waals surface area contributed by atoms with Crippen LogP contribution in [0.25, 0.3) is 10.8 Å². The molecule has 2 aromatic rings. The van der Waals surface area contributed by atoms with E-state index in [0.717, 1.165) is 10.8 Å². The molecule has 0 saturated heterocycles. The first-order valence-corrected chi connectivity index (χ1v) is 5.57. The van der Waals surface area contributed by atoms with Crippen molar-refractivity contribution in [1.29, 1.82) is 0 Å². The normalized spacial score (nSPS) is 10.8. The zero-order valence-corrected chi connectivity index (χ0v) is 9.94. The molecule has 0 fully saturated rings. The monoisotopic (exact) mass is 229 g/mol. The van der Waals surface area contributed by atoms with Crippen molar-refractivity contribution < 1.29 is 9.53 Å². The Balaban J connectivity index is 2.62. The highest BCUT2D eigenvalue weighted by atomic mass is 16.5. The second-order valence-corrected chi connectivity index (χ2v) is 4.23. The van der Waals surface area contributed by atoms with Gasteiger partial charge in [-0.25, -0.2) is 0 Å². The number of fused-ring (bicyclic) bond motifs is 1. The zero-order valence-electron chi connectivity index (χ0n) is 9.94. The summed E-state index contributed by atoms with van der Waals surface area (Å²) in [4.78, 5) is 11.4. The van der Waals surface area contributed by atoms with E-state index in [1.807, 2.05) is 44.2 Å². The lowest BCUT2D eigenvalue weighted by Gasteiger charge is -2.13. The van der Waals surface area contributed by atoms with Crippen LogP contribution < -0.4 is 10.5 Å². The summed E-state index contributed by atoms with van der Waals surface area (Å²) in [5, 5.41) is 2.02. The highest BCUT2D eigenvalue weighted by molar-refractivity contribution is 6.00. The minimum Gasteiger partial charge on any atom is -0.490 e. The quantitative estimate of drug-likeness (QED) is 0.879. The van der Waals surface area contributed by atoms with Gasteiger partial charge in [0, 0.05) is 0 Å². The van der Waals surface area contributed by atoms with E-state index in [4.69, 9.17) is 10.5 Å². The molecule has 0 heterocycles. The molecule has 0 radical (unpaired) electrons. The van der Waals surface area contributed by atoms with Gasteiger partial charge >= 0.3 is 0 Å². The number of benzene rings is 2. The fourth-order valence-electron chi connectivity index (χ4n) is 1.76. The van der Waals surface area contributed by atoms with Crippen molar-refractivity contribution in [3.63, 3.8) is 0 Å². The van der Waals surface area contributed by atoms with E-state index < -0.39 is 5.91 Å². The Morgan fingerprint density at radius 3 is 2.29 bits per heavy atom. The maximum Gasteiger partial charge on any atom is 0.252 e. The Kier molecular flexibility index (Phi) is 3.00. The van der Waals surface area contributed by atoms with Crippen LogP contribution in [0.1, 0.15) is 24.2 Å². The summed E-state index contributed by atoms with van der Waals surface area (Å²) in [6.45, 7) is 3.83. The highest BCUT2D eigenvalue weighted by Crippen LogP contribution is 2.26. The van der Waals surface area contributed by atoms with E-state index in [1.54, 1.807) is 6.07 Å². The van der Waals surface area contributed by atoms with Crippen LogP contribution in [-0.2, 0) is 0 Å². The van der Waals surface area contributed by atoms with Crippen LogP contribution in [-0.4, -0.2) is 12.0 Å². The van der Waals surface area contributed by atoms with Gasteiger partial charge in [0.2, 0.25) is 0 Å². The average Bonchev–Trinajstić information content (AvgIpc) is 2.27. The third-order valence-corrected chi connectivity index (χ3v) is 2.48. The van der Waals surface area contributed by atoms with Crippen LogP contribution in [0, 0.1) is 0 Å². The largest absolute Gasteiger partial charge is 0.490 e. The number of ether oxygens (including phenoxy) is 1. The predicted molar refractivity (Wildman–Crippen MR) is 68.2 cm³/mol. The fourth-order valence-corrected chi connectivity index (χ4v) is 1.76. The summed E-state index contributed by atoms with van der Waals surface area (Å²) in [7, 11) is 0. The fraction of sp³-hybridized carbons (Fsp3) is 0.214. The number of primary amides is 1. The maximum atomic E-state index is 11.4. The van der Waals surface area contributed by atoms with E-state index in [1.165, 1.54) is 0 Å². The van der Waals surface area contributed by atoms with Crippen molar-refractivity contribution in [1.82, 2.24) is 0 Å². The van der Waals surface area contributed by atoms with E-state index >= 15 is 0 Å².